The summed E-state index contributed by atoms with van der Waals surface area (Å²) in [6.07, 6.45) is 1.03. The van der Waals surface area contributed by atoms with Gasteiger partial charge in [-0.3, -0.25) is 0 Å². The van der Waals surface area contributed by atoms with Crippen LogP contribution in [-0.4, -0.2) is 31.8 Å². The number of hydrogen-bond acceptors (Lipinski definition) is 3. The van der Waals surface area contributed by atoms with E-state index in [2.05, 4.69) is 24.5 Å². The van der Waals surface area contributed by atoms with E-state index in [1.54, 1.807) is 0 Å². The van der Waals surface area contributed by atoms with Gasteiger partial charge >= 0.3 is 0 Å². The van der Waals surface area contributed by atoms with Crippen molar-refractivity contribution in [3.63, 3.8) is 0 Å². The van der Waals surface area contributed by atoms with Crippen molar-refractivity contribution in [1.29, 1.82) is 0 Å². The highest BCUT2D eigenvalue weighted by atomic mass is 19.1. The van der Waals surface area contributed by atoms with Crippen LogP contribution in [0, 0.1) is 5.82 Å². The number of benzene rings is 1. The molecule has 0 bridgehead atoms. The summed E-state index contributed by atoms with van der Waals surface area (Å²) in [5, 5.41) is 7.00. The Balaban J connectivity index is 1.80. The molecular formula is C15H23FN2O. The first-order chi connectivity index (χ1) is 9.15. The molecule has 19 heavy (non-hydrogen) atoms. The van der Waals surface area contributed by atoms with E-state index in [0.717, 1.165) is 31.7 Å². The summed E-state index contributed by atoms with van der Waals surface area (Å²) in [4.78, 5) is 0. The lowest BCUT2D eigenvalue weighted by Crippen LogP contribution is -2.45. The molecule has 0 aliphatic carbocycles. The Hall–Kier alpha value is -0.970. The number of morpholine rings is 1. The highest BCUT2D eigenvalue weighted by Crippen LogP contribution is 2.15. The average Bonchev–Trinajstić information content (AvgIpc) is 2.40. The molecule has 1 aliphatic rings. The lowest BCUT2D eigenvalue weighted by atomic mass is 10.0. The first-order valence-corrected chi connectivity index (χ1v) is 6.98. The highest BCUT2D eigenvalue weighted by molar-refractivity contribution is 5.19. The maximum atomic E-state index is 12.9. The lowest BCUT2D eigenvalue weighted by molar-refractivity contribution is 0.0708. The zero-order chi connectivity index (χ0) is 13.7. The Bertz CT molecular complexity index is 376. The molecule has 1 aliphatic heterocycles. The summed E-state index contributed by atoms with van der Waals surface area (Å²) in [6.45, 7) is 6.82. The van der Waals surface area contributed by atoms with Crippen molar-refractivity contribution in [2.45, 2.75) is 38.4 Å². The molecule has 4 heteroatoms. The summed E-state index contributed by atoms with van der Waals surface area (Å²) in [7, 11) is 0. The van der Waals surface area contributed by atoms with Crippen LogP contribution in [0.5, 0.6) is 0 Å². The van der Waals surface area contributed by atoms with Crippen LogP contribution in [0.3, 0.4) is 0 Å². The van der Waals surface area contributed by atoms with Crippen molar-refractivity contribution < 1.29 is 9.13 Å². The van der Waals surface area contributed by atoms with E-state index >= 15 is 0 Å². The zero-order valence-electron chi connectivity index (χ0n) is 11.7. The van der Waals surface area contributed by atoms with Gasteiger partial charge in [-0.25, -0.2) is 4.39 Å². The normalized spacial score (nSPS) is 23.0. The number of nitrogens with one attached hydrogen (secondary N) is 2. The van der Waals surface area contributed by atoms with Crippen LogP contribution in [0.4, 0.5) is 4.39 Å². The molecule has 1 aromatic rings. The van der Waals surface area contributed by atoms with Gasteiger partial charge in [0.1, 0.15) is 5.82 Å². The van der Waals surface area contributed by atoms with E-state index in [4.69, 9.17) is 4.74 Å². The largest absolute Gasteiger partial charge is 0.379 e. The van der Waals surface area contributed by atoms with Crippen molar-refractivity contribution in [3.8, 4) is 0 Å². The van der Waals surface area contributed by atoms with Gasteiger partial charge in [0.15, 0.2) is 0 Å². The highest BCUT2D eigenvalue weighted by Gasteiger charge is 2.17. The lowest BCUT2D eigenvalue weighted by Gasteiger charge is -2.28. The van der Waals surface area contributed by atoms with Gasteiger partial charge in [-0.2, -0.15) is 0 Å². The van der Waals surface area contributed by atoms with Crippen LogP contribution >= 0.6 is 0 Å². The Morgan fingerprint density at radius 3 is 2.74 bits per heavy atom. The zero-order valence-corrected chi connectivity index (χ0v) is 11.7. The Morgan fingerprint density at radius 2 is 2.11 bits per heavy atom. The van der Waals surface area contributed by atoms with E-state index < -0.39 is 0 Å². The Kier molecular flexibility index (Phi) is 5.31. The Morgan fingerprint density at radius 1 is 1.37 bits per heavy atom. The first-order valence-electron chi connectivity index (χ1n) is 6.98. The minimum absolute atomic E-state index is 0.187. The second-order valence-electron chi connectivity index (χ2n) is 5.30. The van der Waals surface area contributed by atoms with E-state index in [-0.39, 0.29) is 11.9 Å². The second-order valence-corrected chi connectivity index (χ2v) is 5.30. The quantitative estimate of drug-likeness (QED) is 0.857. The standard InChI is InChI=1S/C15H23FN2O/c1-11(9-15-10-19-8-7-17-15)18-12(2)13-3-5-14(16)6-4-13/h3-6,11-12,15,17-18H,7-10H2,1-2H3. The van der Waals surface area contributed by atoms with Gasteiger partial charge in [0.25, 0.3) is 0 Å². The molecule has 1 heterocycles. The molecule has 0 saturated carbocycles. The van der Waals surface area contributed by atoms with Crippen LogP contribution in [0.15, 0.2) is 24.3 Å². The molecule has 2 N–H and O–H groups in total. The monoisotopic (exact) mass is 266 g/mol. The number of rotatable bonds is 5. The molecule has 2 rings (SSSR count). The van der Waals surface area contributed by atoms with E-state index in [1.165, 1.54) is 12.1 Å². The van der Waals surface area contributed by atoms with Gasteiger partial charge in [-0.15, -0.1) is 0 Å². The maximum Gasteiger partial charge on any atom is 0.123 e. The average molecular weight is 266 g/mol. The van der Waals surface area contributed by atoms with Crippen molar-refractivity contribution in [2.24, 2.45) is 0 Å². The van der Waals surface area contributed by atoms with Gasteiger partial charge in [-0.05, 0) is 38.0 Å². The second kappa shape index (κ2) is 6.98. The molecule has 3 atom stereocenters. The first kappa shape index (κ1) is 14.4. The minimum atomic E-state index is -0.187. The van der Waals surface area contributed by atoms with E-state index in [1.807, 2.05) is 12.1 Å². The summed E-state index contributed by atoms with van der Waals surface area (Å²) < 4.78 is 18.3. The maximum absolute atomic E-state index is 12.9. The fourth-order valence-electron chi connectivity index (χ4n) is 2.54. The van der Waals surface area contributed by atoms with Crippen LogP contribution in [0.1, 0.15) is 31.9 Å². The van der Waals surface area contributed by atoms with E-state index in [9.17, 15) is 4.39 Å². The van der Waals surface area contributed by atoms with Gasteiger partial charge < -0.3 is 15.4 Å². The fourth-order valence-corrected chi connectivity index (χ4v) is 2.54. The van der Waals surface area contributed by atoms with Gasteiger partial charge in [0.05, 0.1) is 13.2 Å². The third-order valence-electron chi connectivity index (χ3n) is 3.54. The van der Waals surface area contributed by atoms with Gasteiger partial charge in [0.2, 0.25) is 0 Å². The van der Waals surface area contributed by atoms with Crippen molar-refractivity contribution >= 4 is 0 Å². The summed E-state index contributed by atoms with van der Waals surface area (Å²) in [5.41, 5.74) is 1.11. The molecule has 106 valence electrons. The van der Waals surface area contributed by atoms with Crippen LogP contribution in [-0.2, 0) is 4.74 Å². The molecular weight excluding hydrogens is 243 g/mol. The molecule has 1 fully saturated rings. The molecule has 1 aromatic carbocycles. The molecule has 0 radical (unpaired) electrons. The van der Waals surface area contributed by atoms with Crippen LogP contribution in [0.25, 0.3) is 0 Å². The molecule has 0 amide bonds. The number of ether oxygens (including phenoxy) is 1. The summed E-state index contributed by atoms with van der Waals surface area (Å²) >= 11 is 0. The van der Waals surface area contributed by atoms with Crippen molar-refractivity contribution in [2.75, 3.05) is 19.8 Å². The molecule has 0 spiro atoms. The summed E-state index contributed by atoms with van der Waals surface area (Å²) in [5.74, 6) is -0.187. The molecule has 0 aromatic heterocycles. The topological polar surface area (TPSA) is 33.3 Å². The number of hydrogen-bond donors (Lipinski definition) is 2. The van der Waals surface area contributed by atoms with Gasteiger partial charge in [-0.1, -0.05) is 12.1 Å². The van der Waals surface area contributed by atoms with E-state index in [0.29, 0.717) is 12.1 Å². The summed E-state index contributed by atoms with van der Waals surface area (Å²) in [6, 6.07) is 7.73. The third-order valence-corrected chi connectivity index (χ3v) is 3.54. The fraction of sp³-hybridized carbons (Fsp3) is 0.600. The predicted octanol–water partition coefficient (Wildman–Crippen LogP) is 2.24. The molecule has 3 unspecified atom stereocenters. The third kappa shape index (κ3) is 4.56. The van der Waals surface area contributed by atoms with Gasteiger partial charge in [0, 0.05) is 24.7 Å². The van der Waals surface area contributed by atoms with Crippen molar-refractivity contribution in [3.05, 3.63) is 35.6 Å². The number of halogens is 1. The smallest absolute Gasteiger partial charge is 0.123 e. The Labute approximate surface area is 114 Å². The SMILES string of the molecule is CC(CC1COCCN1)NC(C)c1ccc(F)cc1. The minimum Gasteiger partial charge on any atom is -0.379 e. The van der Waals surface area contributed by atoms with Crippen LogP contribution in [0.2, 0.25) is 0 Å². The molecule has 3 nitrogen and oxygen atoms in total. The van der Waals surface area contributed by atoms with Crippen molar-refractivity contribution in [1.82, 2.24) is 10.6 Å². The van der Waals surface area contributed by atoms with Crippen LogP contribution < -0.4 is 10.6 Å². The molecule has 1 saturated heterocycles. The predicted molar refractivity (Wildman–Crippen MR) is 74.6 cm³/mol.